The van der Waals surface area contributed by atoms with Crippen molar-refractivity contribution in [2.45, 2.75) is 5.60 Å². The molecule has 3 heterocycles. The summed E-state index contributed by atoms with van der Waals surface area (Å²) in [6.45, 7) is 0.705. The van der Waals surface area contributed by atoms with Gasteiger partial charge in [0, 0.05) is 17.2 Å². The Hall–Kier alpha value is -4.24. The molecule has 3 aliphatic heterocycles. The molecule has 33 heavy (non-hydrogen) atoms. The second-order valence-electron chi connectivity index (χ2n) is 8.10. The van der Waals surface area contributed by atoms with Crippen molar-refractivity contribution in [3.8, 4) is 17.2 Å². The van der Waals surface area contributed by atoms with E-state index in [9.17, 15) is 0 Å². The van der Waals surface area contributed by atoms with E-state index in [1.807, 2.05) is 66.7 Å². The summed E-state index contributed by atoms with van der Waals surface area (Å²) >= 11 is 0. The Morgan fingerprint density at radius 3 is 2.27 bits per heavy atom. The molecular weight excluding hydrogens is 408 g/mol. The second kappa shape index (κ2) is 8.03. The quantitative estimate of drug-likeness (QED) is 0.297. The second-order valence-corrected chi connectivity index (χ2v) is 8.10. The van der Waals surface area contributed by atoms with Gasteiger partial charge in [-0.15, -0.1) is 0 Å². The van der Waals surface area contributed by atoms with Gasteiger partial charge in [0.05, 0.1) is 11.8 Å². The molecule has 1 atom stereocenters. The van der Waals surface area contributed by atoms with Gasteiger partial charge in [0.15, 0.2) is 5.60 Å². The standard InChI is InChI=1S/C21H14O2.C9H8O/c1-3-7-17-15(5-1)9-10-19-20(17)21(13-14-22-19)12-11-16-6-2-4-8-18(16)23-21;1-2-6-9-8(4-1)5-3-7-10-9/h1-14H;1-6H,7H2. The Kier molecular flexibility index (Phi) is 4.73. The van der Waals surface area contributed by atoms with E-state index in [0.29, 0.717) is 6.61 Å². The zero-order valence-electron chi connectivity index (χ0n) is 18.0. The van der Waals surface area contributed by atoms with E-state index < -0.39 is 5.60 Å². The monoisotopic (exact) mass is 430 g/mol. The number of benzene rings is 4. The summed E-state index contributed by atoms with van der Waals surface area (Å²) in [5.74, 6) is 2.72. The molecule has 4 aromatic rings. The Morgan fingerprint density at radius 1 is 0.636 bits per heavy atom. The lowest BCUT2D eigenvalue weighted by molar-refractivity contribution is 0.158. The van der Waals surface area contributed by atoms with Gasteiger partial charge < -0.3 is 14.2 Å². The first kappa shape index (κ1) is 19.4. The third-order valence-corrected chi connectivity index (χ3v) is 6.05. The van der Waals surface area contributed by atoms with Gasteiger partial charge in [-0.05, 0) is 41.1 Å². The zero-order valence-corrected chi connectivity index (χ0v) is 18.0. The van der Waals surface area contributed by atoms with Crippen molar-refractivity contribution in [1.82, 2.24) is 0 Å². The number of para-hydroxylation sites is 2. The summed E-state index contributed by atoms with van der Waals surface area (Å²) in [6, 6.07) is 28.6. The van der Waals surface area contributed by atoms with Crippen LogP contribution in [-0.2, 0) is 5.60 Å². The van der Waals surface area contributed by atoms with E-state index in [2.05, 4.69) is 48.6 Å². The average Bonchev–Trinajstić information content (AvgIpc) is 2.89. The van der Waals surface area contributed by atoms with Gasteiger partial charge >= 0.3 is 0 Å². The van der Waals surface area contributed by atoms with Crippen LogP contribution in [0.5, 0.6) is 17.2 Å². The maximum absolute atomic E-state index is 6.44. The lowest BCUT2D eigenvalue weighted by Crippen LogP contribution is -2.33. The minimum atomic E-state index is -0.622. The van der Waals surface area contributed by atoms with E-state index in [0.717, 1.165) is 33.8 Å². The Bertz CT molecular complexity index is 1430. The van der Waals surface area contributed by atoms with Crippen LogP contribution in [0.2, 0.25) is 0 Å². The molecule has 0 aliphatic carbocycles. The average molecular weight is 431 g/mol. The SMILES string of the molecule is C1=CC2(C=Cc3ccccc3O2)c2c(ccc3ccccc23)O1.C1=Cc2ccccc2OC1. The highest BCUT2D eigenvalue weighted by Gasteiger charge is 2.38. The van der Waals surface area contributed by atoms with Crippen molar-refractivity contribution < 1.29 is 14.2 Å². The molecule has 3 nitrogen and oxygen atoms in total. The van der Waals surface area contributed by atoms with Gasteiger partial charge in [-0.25, -0.2) is 0 Å². The number of fused-ring (bicyclic) bond motifs is 6. The van der Waals surface area contributed by atoms with Crippen LogP contribution in [0.25, 0.3) is 22.9 Å². The third kappa shape index (κ3) is 3.48. The molecule has 1 spiro atoms. The van der Waals surface area contributed by atoms with Crippen molar-refractivity contribution in [2.24, 2.45) is 0 Å². The smallest absolute Gasteiger partial charge is 0.178 e. The van der Waals surface area contributed by atoms with E-state index in [1.165, 1.54) is 10.9 Å². The van der Waals surface area contributed by atoms with Gasteiger partial charge in [-0.3, -0.25) is 0 Å². The zero-order chi connectivity index (χ0) is 22.1. The number of rotatable bonds is 0. The third-order valence-electron chi connectivity index (χ3n) is 6.05. The molecule has 0 amide bonds. The van der Waals surface area contributed by atoms with Crippen LogP contribution in [-0.4, -0.2) is 6.61 Å². The summed E-state index contributed by atoms with van der Waals surface area (Å²) in [5.41, 5.74) is 2.71. The summed E-state index contributed by atoms with van der Waals surface area (Å²) in [6.07, 6.45) is 12.0. The van der Waals surface area contributed by atoms with Crippen LogP contribution in [0.3, 0.4) is 0 Å². The van der Waals surface area contributed by atoms with Crippen LogP contribution in [0.1, 0.15) is 16.7 Å². The highest BCUT2D eigenvalue weighted by molar-refractivity contribution is 5.90. The number of hydrogen-bond acceptors (Lipinski definition) is 3. The van der Waals surface area contributed by atoms with Gasteiger partial charge in [0.25, 0.3) is 0 Å². The fraction of sp³-hybridized carbons (Fsp3) is 0.0667. The highest BCUT2D eigenvalue weighted by atomic mass is 16.5. The predicted octanol–water partition coefficient (Wildman–Crippen LogP) is 7.14. The minimum Gasteiger partial charge on any atom is -0.489 e. The molecule has 0 fully saturated rings. The van der Waals surface area contributed by atoms with Crippen molar-refractivity contribution >= 4 is 22.9 Å². The van der Waals surface area contributed by atoms with Gasteiger partial charge in [-0.1, -0.05) is 78.9 Å². The Balaban J connectivity index is 0.000000173. The first-order valence-corrected chi connectivity index (χ1v) is 11.0. The van der Waals surface area contributed by atoms with Crippen molar-refractivity contribution in [3.05, 3.63) is 126 Å². The summed E-state index contributed by atoms with van der Waals surface area (Å²) < 4.78 is 17.5. The summed E-state index contributed by atoms with van der Waals surface area (Å²) in [5, 5.41) is 2.33. The van der Waals surface area contributed by atoms with Crippen LogP contribution >= 0.6 is 0 Å². The molecule has 3 aliphatic rings. The van der Waals surface area contributed by atoms with E-state index in [1.54, 1.807) is 6.26 Å². The predicted molar refractivity (Wildman–Crippen MR) is 132 cm³/mol. The van der Waals surface area contributed by atoms with Gasteiger partial charge in [0.1, 0.15) is 23.9 Å². The largest absolute Gasteiger partial charge is 0.489 e. The first-order chi connectivity index (χ1) is 16.3. The molecule has 0 N–H and O–H groups in total. The van der Waals surface area contributed by atoms with Gasteiger partial charge in [0.2, 0.25) is 0 Å². The molecule has 3 heteroatoms. The molecule has 0 aromatic heterocycles. The fourth-order valence-electron chi connectivity index (χ4n) is 4.47. The molecule has 0 radical (unpaired) electrons. The van der Waals surface area contributed by atoms with Crippen LogP contribution in [0.15, 0.2) is 109 Å². The molecule has 0 bridgehead atoms. The van der Waals surface area contributed by atoms with Crippen LogP contribution in [0, 0.1) is 0 Å². The van der Waals surface area contributed by atoms with Crippen molar-refractivity contribution in [3.63, 3.8) is 0 Å². The highest BCUT2D eigenvalue weighted by Crippen LogP contribution is 2.46. The maximum Gasteiger partial charge on any atom is 0.178 e. The van der Waals surface area contributed by atoms with Gasteiger partial charge in [-0.2, -0.15) is 0 Å². The molecule has 4 aromatic carbocycles. The van der Waals surface area contributed by atoms with E-state index >= 15 is 0 Å². The minimum absolute atomic E-state index is 0.622. The Morgan fingerprint density at radius 2 is 1.39 bits per heavy atom. The van der Waals surface area contributed by atoms with Crippen LogP contribution < -0.4 is 14.2 Å². The normalized spacial score (nSPS) is 18.7. The number of hydrogen-bond donors (Lipinski definition) is 0. The van der Waals surface area contributed by atoms with Crippen LogP contribution in [0.4, 0.5) is 0 Å². The molecule has 0 saturated heterocycles. The molecule has 1 unspecified atom stereocenters. The number of ether oxygens (including phenoxy) is 3. The topological polar surface area (TPSA) is 27.7 Å². The molecule has 160 valence electrons. The lowest BCUT2D eigenvalue weighted by Gasteiger charge is -2.36. The van der Waals surface area contributed by atoms with Crippen molar-refractivity contribution in [1.29, 1.82) is 0 Å². The summed E-state index contributed by atoms with van der Waals surface area (Å²) in [4.78, 5) is 0. The van der Waals surface area contributed by atoms with E-state index in [4.69, 9.17) is 14.2 Å². The Labute approximate surface area is 192 Å². The van der Waals surface area contributed by atoms with E-state index in [-0.39, 0.29) is 0 Å². The fourth-order valence-corrected chi connectivity index (χ4v) is 4.47. The lowest BCUT2D eigenvalue weighted by atomic mass is 9.85. The molecular formula is C30H22O3. The molecule has 7 rings (SSSR count). The summed E-state index contributed by atoms with van der Waals surface area (Å²) in [7, 11) is 0. The molecule has 0 saturated carbocycles. The van der Waals surface area contributed by atoms with Crippen molar-refractivity contribution in [2.75, 3.05) is 6.61 Å². The maximum atomic E-state index is 6.44. The first-order valence-electron chi connectivity index (χ1n) is 11.0.